The Morgan fingerprint density at radius 3 is 2.68 bits per heavy atom. The molecule has 0 aliphatic rings. The third-order valence-corrected chi connectivity index (χ3v) is 5.26. The van der Waals surface area contributed by atoms with Crippen LogP contribution >= 0.6 is 22.9 Å². The molecule has 106 valence electrons. The average molecular weight is 324 g/mol. The molecule has 0 saturated carbocycles. The van der Waals surface area contributed by atoms with Gasteiger partial charge in [-0.05, 0) is 12.1 Å². The van der Waals surface area contributed by atoms with Crippen molar-refractivity contribution in [2.45, 2.75) is 13.0 Å². The molecule has 0 atom stereocenters. The highest BCUT2D eigenvalue weighted by atomic mass is 35.5. The van der Waals surface area contributed by atoms with Gasteiger partial charge in [-0.25, -0.2) is 8.42 Å². The first-order valence-corrected chi connectivity index (χ1v) is 8.20. The van der Waals surface area contributed by atoms with Crippen LogP contribution in [0.15, 0.2) is 24.8 Å². The second-order valence-corrected chi connectivity index (χ2v) is 7.63. The standard InChI is InChI=1S/C11H14ClNO4S2/c1-2-6-13(8-9-3-4-10(12)18-9)19(16,17)7-5-11(14)15/h2-4H,1,5-8H2,(H,14,15). The zero-order chi connectivity index (χ0) is 14.5. The van der Waals surface area contributed by atoms with E-state index in [2.05, 4.69) is 6.58 Å². The highest BCUT2D eigenvalue weighted by Crippen LogP contribution is 2.23. The van der Waals surface area contributed by atoms with E-state index in [1.165, 1.54) is 21.7 Å². The highest BCUT2D eigenvalue weighted by molar-refractivity contribution is 7.89. The van der Waals surface area contributed by atoms with Crippen LogP contribution in [0.5, 0.6) is 0 Å². The molecule has 0 aliphatic carbocycles. The summed E-state index contributed by atoms with van der Waals surface area (Å²) in [6, 6.07) is 3.44. The van der Waals surface area contributed by atoms with E-state index < -0.39 is 28.2 Å². The van der Waals surface area contributed by atoms with Crippen LogP contribution in [0.1, 0.15) is 11.3 Å². The maximum Gasteiger partial charge on any atom is 0.304 e. The van der Waals surface area contributed by atoms with Gasteiger partial charge in [0.2, 0.25) is 10.0 Å². The summed E-state index contributed by atoms with van der Waals surface area (Å²) < 4.78 is 25.8. The zero-order valence-corrected chi connectivity index (χ0v) is 12.5. The number of hydrogen-bond donors (Lipinski definition) is 1. The number of nitrogens with zero attached hydrogens (tertiary/aromatic N) is 1. The Bertz CT molecular complexity index is 553. The predicted molar refractivity (Wildman–Crippen MR) is 76.0 cm³/mol. The molecule has 0 aliphatic heterocycles. The molecule has 0 radical (unpaired) electrons. The van der Waals surface area contributed by atoms with Crippen LogP contribution in [0, 0.1) is 0 Å². The summed E-state index contributed by atoms with van der Waals surface area (Å²) in [6.07, 6.45) is 1.05. The minimum atomic E-state index is -3.62. The molecule has 8 heteroatoms. The molecule has 0 saturated heterocycles. The summed E-state index contributed by atoms with van der Waals surface area (Å²) in [5.74, 6) is -1.56. The maximum atomic E-state index is 12.0. The van der Waals surface area contributed by atoms with Crippen molar-refractivity contribution in [3.8, 4) is 0 Å². The van der Waals surface area contributed by atoms with Crippen molar-refractivity contribution in [3.63, 3.8) is 0 Å². The van der Waals surface area contributed by atoms with Crippen molar-refractivity contribution in [2.75, 3.05) is 12.3 Å². The molecule has 1 rings (SSSR count). The number of carboxylic acids is 1. The molecule has 5 nitrogen and oxygen atoms in total. The van der Waals surface area contributed by atoms with Crippen molar-refractivity contribution >= 4 is 38.9 Å². The SMILES string of the molecule is C=CCN(Cc1ccc(Cl)s1)S(=O)(=O)CCC(=O)O. The molecular weight excluding hydrogens is 310 g/mol. The van der Waals surface area contributed by atoms with E-state index in [0.717, 1.165) is 4.88 Å². The van der Waals surface area contributed by atoms with Crippen molar-refractivity contribution in [2.24, 2.45) is 0 Å². The summed E-state index contributed by atoms with van der Waals surface area (Å²) in [7, 11) is -3.62. The fraction of sp³-hybridized carbons (Fsp3) is 0.364. The van der Waals surface area contributed by atoms with Crippen LogP contribution in [-0.4, -0.2) is 36.1 Å². The van der Waals surface area contributed by atoms with Crippen molar-refractivity contribution in [1.82, 2.24) is 4.31 Å². The number of halogens is 1. The average Bonchev–Trinajstić information content (AvgIpc) is 2.72. The fourth-order valence-electron chi connectivity index (χ4n) is 1.38. The highest BCUT2D eigenvalue weighted by Gasteiger charge is 2.22. The van der Waals surface area contributed by atoms with Crippen LogP contribution < -0.4 is 0 Å². The van der Waals surface area contributed by atoms with Gasteiger partial charge in [-0.2, -0.15) is 4.31 Å². The zero-order valence-electron chi connectivity index (χ0n) is 10.1. The Labute approximate surface area is 121 Å². The lowest BCUT2D eigenvalue weighted by atomic mass is 10.4. The topological polar surface area (TPSA) is 74.7 Å². The quantitative estimate of drug-likeness (QED) is 0.744. The first-order valence-electron chi connectivity index (χ1n) is 5.40. The molecular formula is C11H14ClNO4S2. The van der Waals surface area contributed by atoms with Crippen LogP contribution in [0.3, 0.4) is 0 Å². The number of carboxylic acid groups (broad SMARTS) is 1. The minimum Gasteiger partial charge on any atom is -0.481 e. The lowest BCUT2D eigenvalue weighted by Gasteiger charge is -2.19. The van der Waals surface area contributed by atoms with Gasteiger partial charge in [0.05, 0.1) is 16.5 Å². The molecule has 1 N–H and O–H groups in total. The first kappa shape index (κ1) is 16.2. The van der Waals surface area contributed by atoms with E-state index >= 15 is 0 Å². The summed E-state index contributed by atoms with van der Waals surface area (Å²) in [4.78, 5) is 11.3. The Hall–Kier alpha value is -0.890. The Morgan fingerprint density at radius 2 is 2.21 bits per heavy atom. The van der Waals surface area contributed by atoms with Crippen LogP contribution in [0.4, 0.5) is 0 Å². The molecule has 0 unspecified atom stereocenters. The number of sulfonamides is 1. The normalized spacial score (nSPS) is 11.7. The number of rotatable bonds is 8. The number of carbonyl (C=O) groups is 1. The van der Waals surface area contributed by atoms with E-state index in [1.54, 1.807) is 12.1 Å². The van der Waals surface area contributed by atoms with Gasteiger partial charge in [-0.15, -0.1) is 17.9 Å². The monoisotopic (exact) mass is 323 g/mol. The van der Waals surface area contributed by atoms with Crippen LogP contribution in [-0.2, 0) is 21.4 Å². The van der Waals surface area contributed by atoms with Crippen molar-refractivity contribution in [1.29, 1.82) is 0 Å². The van der Waals surface area contributed by atoms with Gasteiger partial charge in [0, 0.05) is 18.0 Å². The number of hydrogen-bond acceptors (Lipinski definition) is 4. The summed E-state index contributed by atoms with van der Waals surface area (Å²) in [5.41, 5.74) is 0. The predicted octanol–water partition coefficient (Wildman–Crippen LogP) is 2.19. The summed E-state index contributed by atoms with van der Waals surface area (Å²) in [6.45, 7) is 3.82. The number of thiophene rings is 1. The molecule has 0 amide bonds. The van der Waals surface area contributed by atoms with Crippen molar-refractivity contribution in [3.05, 3.63) is 34.0 Å². The van der Waals surface area contributed by atoms with Gasteiger partial charge in [-0.1, -0.05) is 17.7 Å². The fourth-order valence-corrected chi connectivity index (χ4v) is 3.92. The van der Waals surface area contributed by atoms with E-state index in [-0.39, 0.29) is 13.1 Å². The van der Waals surface area contributed by atoms with Gasteiger partial charge in [0.1, 0.15) is 0 Å². The maximum absolute atomic E-state index is 12.0. The van der Waals surface area contributed by atoms with E-state index in [1.807, 2.05) is 0 Å². The molecule has 0 spiro atoms. The molecule has 1 heterocycles. The van der Waals surface area contributed by atoms with E-state index in [4.69, 9.17) is 16.7 Å². The second kappa shape index (κ2) is 7.04. The Kier molecular flexibility index (Phi) is 5.99. The van der Waals surface area contributed by atoms with Crippen LogP contribution in [0.25, 0.3) is 0 Å². The molecule has 0 aromatic carbocycles. The lowest BCUT2D eigenvalue weighted by molar-refractivity contribution is -0.136. The molecule has 19 heavy (non-hydrogen) atoms. The van der Waals surface area contributed by atoms with Gasteiger partial charge >= 0.3 is 5.97 Å². The van der Waals surface area contributed by atoms with Gasteiger partial charge in [0.25, 0.3) is 0 Å². The first-order chi connectivity index (χ1) is 8.85. The third-order valence-electron chi connectivity index (χ3n) is 2.26. The van der Waals surface area contributed by atoms with Crippen molar-refractivity contribution < 1.29 is 18.3 Å². The summed E-state index contributed by atoms with van der Waals surface area (Å²) in [5, 5.41) is 8.56. The van der Waals surface area contributed by atoms with Gasteiger partial charge in [0.15, 0.2) is 0 Å². The molecule has 1 aromatic rings. The van der Waals surface area contributed by atoms with E-state index in [9.17, 15) is 13.2 Å². The Balaban J connectivity index is 2.81. The van der Waals surface area contributed by atoms with Gasteiger partial charge in [-0.3, -0.25) is 4.79 Å². The Morgan fingerprint density at radius 1 is 1.53 bits per heavy atom. The molecule has 1 aromatic heterocycles. The molecule has 0 bridgehead atoms. The third kappa shape index (κ3) is 5.32. The molecule has 0 fully saturated rings. The summed E-state index contributed by atoms with van der Waals surface area (Å²) >= 11 is 7.08. The second-order valence-electron chi connectivity index (χ2n) is 3.75. The van der Waals surface area contributed by atoms with Gasteiger partial charge < -0.3 is 5.11 Å². The smallest absolute Gasteiger partial charge is 0.304 e. The largest absolute Gasteiger partial charge is 0.481 e. The van der Waals surface area contributed by atoms with E-state index in [0.29, 0.717) is 4.34 Å². The lowest BCUT2D eigenvalue weighted by Crippen LogP contribution is -2.33. The number of aliphatic carboxylic acids is 1. The van der Waals surface area contributed by atoms with Crippen LogP contribution in [0.2, 0.25) is 4.34 Å². The minimum absolute atomic E-state index is 0.136.